The Morgan fingerprint density at radius 1 is 1.08 bits per heavy atom. The molecule has 3 aromatic carbocycles. The van der Waals surface area contributed by atoms with Crippen molar-refractivity contribution in [1.82, 2.24) is 19.7 Å². The van der Waals surface area contributed by atoms with Crippen LogP contribution in [0.15, 0.2) is 76.0 Å². The highest BCUT2D eigenvalue weighted by Crippen LogP contribution is 2.42. The SMILES string of the molecule is COC(=O)C(C)Cc1cccc([C@@]2(C)CCCC(C)(C)CS/C=C/c3c(c(F)cc4[nH]ccc34)Sc3ccc(F)c(c3)-c3nc2nn3C)c1. The van der Waals surface area contributed by atoms with Gasteiger partial charge in [0.05, 0.1) is 28.9 Å². The predicted molar refractivity (Wildman–Crippen MR) is 196 cm³/mol. The van der Waals surface area contributed by atoms with E-state index in [1.165, 1.54) is 31.0 Å². The summed E-state index contributed by atoms with van der Waals surface area (Å²) < 4.78 is 38.0. The lowest BCUT2D eigenvalue weighted by atomic mass is 9.75. The smallest absolute Gasteiger partial charge is 0.308 e. The summed E-state index contributed by atoms with van der Waals surface area (Å²) in [4.78, 5) is 21.6. The molecule has 3 heterocycles. The number of aryl methyl sites for hydroxylation is 1. The number of esters is 1. The third kappa shape index (κ3) is 7.36. The van der Waals surface area contributed by atoms with Gasteiger partial charge in [0.2, 0.25) is 0 Å². The molecule has 49 heavy (non-hydrogen) atoms. The van der Waals surface area contributed by atoms with E-state index in [4.69, 9.17) is 14.8 Å². The number of carbonyl (C=O) groups is 1. The molecule has 1 aliphatic rings. The number of fused-ring (bicyclic) bond motifs is 8. The molecular weight excluding hydrogens is 659 g/mol. The van der Waals surface area contributed by atoms with E-state index in [0.29, 0.717) is 33.4 Å². The molecule has 0 spiro atoms. The highest BCUT2D eigenvalue weighted by atomic mass is 32.2. The molecule has 256 valence electrons. The normalized spacial score (nSPS) is 19.4. The van der Waals surface area contributed by atoms with E-state index in [9.17, 15) is 4.79 Å². The number of aromatic nitrogens is 4. The second-order valence-corrected chi connectivity index (χ2v) is 15.9. The molecule has 6 rings (SSSR count). The van der Waals surface area contributed by atoms with Crippen molar-refractivity contribution in [2.45, 2.75) is 68.6 Å². The molecule has 0 saturated carbocycles. The van der Waals surface area contributed by atoms with Crippen molar-refractivity contribution < 1.29 is 18.3 Å². The molecule has 4 bridgehead atoms. The number of carbonyl (C=O) groups excluding carboxylic acids is 1. The Balaban J connectivity index is 1.46. The molecule has 2 aromatic heterocycles. The largest absolute Gasteiger partial charge is 0.469 e. The maximum Gasteiger partial charge on any atom is 0.308 e. The van der Waals surface area contributed by atoms with E-state index < -0.39 is 11.2 Å². The molecular formula is C39H42F2N4O2S2. The minimum atomic E-state index is -0.595. The van der Waals surface area contributed by atoms with Crippen LogP contribution in [0, 0.1) is 23.0 Å². The van der Waals surface area contributed by atoms with Gasteiger partial charge in [-0.25, -0.2) is 18.4 Å². The lowest BCUT2D eigenvalue weighted by Crippen LogP contribution is -2.27. The van der Waals surface area contributed by atoms with E-state index >= 15 is 8.78 Å². The second-order valence-electron chi connectivity index (χ2n) is 14.0. The Bertz CT molecular complexity index is 2030. The van der Waals surface area contributed by atoms with Gasteiger partial charge in [-0.3, -0.25) is 4.79 Å². The van der Waals surface area contributed by atoms with Gasteiger partial charge < -0.3 is 9.72 Å². The number of thioether (sulfide) groups is 1. The number of benzene rings is 3. The van der Waals surface area contributed by atoms with Gasteiger partial charge in [0.1, 0.15) is 11.6 Å². The maximum absolute atomic E-state index is 15.7. The van der Waals surface area contributed by atoms with Crippen LogP contribution in [0.25, 0.3) is 28.4 Å². The van der Waals surface area contributed by atoms with Gasteiger partial charge in [-0.2, -0.15) is 5.10 Å². The molecule has 5 aromatic rings. The van der Waals surface area contributed by atoms with E-state index in [-0.39, 0.29) is 23.1 Å². The van der Waals surface area contributed by atoms with Gasteiger partial charge in [0.25, 0.3) is 0 Å². The van der Waals surface area contributed by atoms with Crippen LogP contribution in [0.2, 0.25) is 0 Å². The summed E-state index contributed by atoms with van der Waals surface area (Å²) in [5.41, 5.74) is 3.30. The van der Waals surface area contributed by atoms with Crippen molar-refractivity contribution in [1.29, 1.82) is 0 Å². The number of hydrogen-bond donors (Lipinski definition) is 1. The third-order valence-corrected chi connectivity index (χ3v) is 11.9. The summed E-state index contributed by atoms with van der Waals surface area (Å²) in [5.74, 6) is 0.589. The zero-order chi connectivity index (χ0) is 34.9. The van der Waals surface area contributed by atoms with Crippen molar-refractivity contribution in [3.05, 3.63) is 100 Å². The first-order valence-electron chi connectivity index (χ1n) is 16.5. The van der Waals surface area contributed by atoms with Gasteiger partial charge in [0.15, 0.2) is 11.6 Å². The lowest BCUT2D eigenvalue weighted by Gasteiger charge is -2.30. The number of nitrogens with one attached hydrogen (secondary N) is 1. The molecule has 1 aliphatic heterocycles. The van der Waals surface area contributed by atoms with Crippen molar-refractivity contribution in [2.24, 2.45) is 18.4 Å². The summed E-state index contributed by atoms with van der Waals surface area (Å²) in [6, 6.07) is 16.6. The number of rotatable bonds is 4. The minimum Gasteiger partial charge on any atom is -0.469 e. The zero-order valence-electron chi connectivity index (χ0n) is 28.8. The number of nitrogens with zero attached hydrogens (tertiary/aromatic N) is 3. The van der Waals surface area contributed by atoms with Crippen molar-refractivity contribution in [3.63, 3.8) is 0 Å². The average molecular weight is 701 g/mol. The highest BCUT2D eigenvalue weighted by molar-refractivity contribution is 8.02. The zero-order valence-corrected chi connectivity index (χ0v) is 30.4. The van der Waals surface area contributed by atoms with E-state index in [0.717, 1.165) is 52.6 Å². The van der Waals surface area contributed by atoms with Crippen LogP contribution in [0.5, 0.6) is 0 Å². The summed E-state index contributed by atoms with van der Waals surface area (Å²) in [5, 5.41) is 7.91. The van der Waals surface area contributed by atoms with Gasteiger partial charge in [-0.05, 0) is 84.5 Å². The molecule has 0 radical (unpaired) electrons. The van der Waals surface area contributed by atoms with Crippen LogP contribution in [0.1, 0.15) is 69.5 Å². The number of ether oxygens (including phenoxy) is 1. The van der Waals surface area contributed by atoms with Crippen LogP contribution in [0.4, 0.5) is 8.78 Å². The topological polar surface area (TPSA) is 72.8 Å². The fourth-order valence-electron chi connectivity index (χ4n) is 6.61. The summed E-state index contributed by atoms with van der Waals surface area (Å²) in [6.07, 6.45) is 7.00. The Hall–Kier alpha value is -3.89. The average Bonchev–Trinajstić information content (AvgIpc) is 3.70. The summed E-state index contributed by atoms with van der Waals surface area (Å²) in [6.45, 7) is 8.58. The molecule has 10 heteroatoms. The second kappa shape index (κ2) is 14.2. The molecule has 0 saturated heterocycles. The monoisotopic (exact) mass is 700 g/mol. The predicted octanol–water partition coefficient (Wildman–Crippen LogP) is 9.96. The van der Waals surface area contributed by atoms with Crippen LogP contribution < -0.4 is 0 Å². The van der Waals surface area contributed by atoms with Crippen LogP contribution in [-0.2, 0) is 28.4 Å². The first-order valence-corrected chi connectivity index (χ1v) is 18.4. The van der Waals surface area contributed by atoms with E-state index in [2.05, 4.69) is 43.3 Å². The van der Waals surface area contributed by atoms with Crippen LogP contribution >= 0.6 is 23.5 Å². The molecule has 1 N–H and O–H groups in total. The van der Waals surface area contributed by atoms with Crippen LogP contribution in [0.3, 0.4) is 0 Å². The number of aromatic amines is 1. The molecule has 2 atom stereocenters. The first kappa shape index (κ1) is 35.0. The van der Waals surface area contributed by atoms with E-state index in [1.807, 2.05) is 37.4 Å². The van der Waals surface area contributed by atoms with Crippen LogP contribution in [-0.4, -0.2) is 38.6 Å². The first-order chi connectivity index (χ1) is 23.4. The number of methoxy groups -OCH3 is 1. The molecule has 1 unspecified atom stereocenters. The quantitative estimate of drug-likeness (QED) is 0.188. The summed E-state index contributed by atoms with van der Waals surface area (Å²) in [7, 11) is 3.19. The molecule has 6 nitrogen and oxygen atoms in total. The Labute approximate surface area is 295 Å². The van der Waals surface area contributed by atoms with Crippen molar-refractivity contribution in [2.75, 3.05) is 12.9 Å². The van der Waals surface area contributed by atoms with Gasteiger partial charge in [-0.15, -0.1) is 11.8 Å². The number of H-pyrrole nitrogens is 1. The molecule has 0 amide bonds. The van der Waals surface area contributed by atoms with Gasteiger partial charge >= 0.3 is 5.97 Å². The Kier molecular flexibility index (Phi) is 10.1. The minimum absolute atomic E-state index is 0.0192. The molecule has 0 aliphatic carbocycles. The highest BCUT2D eigenvalue weighted by Gasteiger charge is 2.35. The maximum atomic E-state index is 15.7. The van der Waals surface area contributed by atoms with Gasteiger partial charge in [0, 0.05) is 40.4 Å². The van der Waals surface area contributed by atoms with Gasteiger partial charge in [-0.1, -0.05) is 63.2 Å². The van der Waals surface area contributed by atoms with Crippen molar-refractivity contribution in [3.8, 4) is 11.4 Å². The number of halogens is 2. The van der Waals surface area contributed by atoms with Crippen molar-refractivity contribution >= 4 is 46.5 Å². The fourth-order valence-corrected chi connectivity index (χ4v) is 8.52. The number of hydrogen-bond acceptors (Lipinski definition) is 6. The van der Waals surface area contributed by atoms with E-state index in [1.54, 1.807) is 35.6 Å². The summed E-state index contributed by atoms with van der Waals surface area (Å²) >= 11 is 3.00. The standard InChI is InChI=1S/C39H42F2N4O2S2/c1-24(36(46)47-6)19-25-9-7-10-26(20-25)39(4)16-8-15-38(2,3)23-48-18-14-29-28-13-17-42-33(28)22-32(41)34(29)49-27-11-12-31(40)30(21-27)35-43-37(39)44-45(35)5/h7,9-14,17-18,20-22,24,42H,8,15-16,19,23H2,1-6H3/b18-14+/t24?,39-/m1/s1. The Morgan fingerprint density at radius 2 is 1.90 bits per heavy atom. The lowest BCUT2D eigenvalue weighted by molar-refractivity contribution is -0.144. The Morgan fingerprint density at radius 3 is 2.69 bits per heavy atom. The molecule has 0 fully saturated rings. The fraction of sp³-hybridized carbons (Fsp3) is 0.359. The third-order valence-electron chi connectivity index (χ3n) is 9.50.